The first-order chi connectivity index (χ1) is 6.65. The third kappa shape index (κ3) is 4.08. The zero-order valence-corrected chi connectivity index (χ0v) is 14.8. The molecule has 0 spiro atoms. The van der Waals surface area contributed by atoms with Crippen LogP contribution in [0.15, 0.2) is 22.7 Å². The molecule has 0 amide bonds. The Hall–Kier alpha value is 0.0921. The Morgan fingerprint density at radius 1 is 1.43 bits per heavy atom. The van der Waals surface area contributed by atoms with Gasteiger partial charge in [0.05, 0.1) is 0 Å². The second kappa shape index (κ2) is 7.39. The number of halogens is 1. The Labute approximate surface area is 110 Å². The standard InChI is InChI=1S/C8H8BrN2.C2H6.Tl/c1-5(10)7-4-6(9)2-3-8(7)11;1-2;/h2-4,10-11H,1H3;1-2H3;/q-1;;+1. The maximum absolute atomic E-state index is 7.53. The number of rotatable bonds is 2. The summed E-state index contributed by atoms with van der Waals surface area (Å²) in [5.74, 6) is 0. The van der Waals surface area contributed by atoms with Crippen LogP contribution in [0.2, 0.25) is 0 Å². The summed E-state index contributed by atoms with van der Waals surface area (Å²) in [5.41, 5.74) is 2.64. The number of hydrogen-bond acceptors (Lipinski definition) is 2. The van der Waals surface area contributed by atoms with Crippen molar-refractivity contribution < 1.29 is 0 Å². The molecular formula is C10H14BrN2Tl. The summed E-state index contributed by atoms with van der Waals surface area (Å²) in [6, 6.07) is 5.95. The van der Waals surface area contributed by atoms with Crippen LogP contribution >= 0.6 is 15.9 Å². The van der Waals surface area contributed by atoms with Gasteiger partial charge in [-0.3, -0.25) is 0 Å². The van der Waals surface area contributed by atoms with Gasteiger partial charge < -0.3 is 0 Å². The Morgan fingerprint density at radius 2 is 2.00 bits per heavy atom. The molecule has 14 heavy (non-hydrogen) atoms. The summed E-state index contributed by atoms with van der Waals surface area (Å²) in [5, 5.41) is 7.53. The quantitative estimate of drug-likeness (QED) is 0.531. The number of nitrogens with one attached hydrogen (secondary N) is 2. The molecule has 0 aliphatic heterocycles. The van der Waals surface area contributed by atoms with Crippen molar-refractivity contribution in [2.75, 3.05) is 3.13 Å². The summed E-state index contributed by atoms with van der Waals surface area (Å²) in [7, 11) is 0. The molecule has 0 fully saturated rings. The van der Waals surface area contributed by atoms with Gasteiger partial charge in [-0.05, 0) is 0 Å². The third-order valence-electron chi connectivity index (χ3n) is 1.54. The Morgan fingerprint density at radius 3 is 2.43 bits per heavy atom. The van der Waals surface area contributed by atoms with Crippen molar-refractivity contribution in [3.8, 4) is 0 Å². The van der Waals surface area contributed by atoms with Crippen molar-refractivity contribution in [3.63, 3.8) is 0 Å². The average molecular weight is 447 g/mol. The van der Waals surface area contributed by atoms with E-state index in [1.165, 1.54) is 0 Å². The van der Waals surface area contributed by atoms with Crippen molar-refractivity contribution in [1.82, 2.24) is 0 Å². The monoisotopic (exact) mass is 446 g/mol. The SMILES string of the molecule is CC.CC(=N)c1cc(Br)ccc1[NH][Tl]. The number of benzene rings is 1. The van der Waals surface area contributed by atoms with Crippen LogP contribution in [0.5, 0.6) is 0 Å². The van der Waals surface area contributed by atoms with E-state index in [2.05, 4.69) is 19.1 Å². The summed E-state index contributed by atoms with van der Waals surface area (Å²) < 4.78 is 4.23. The van der Waals surface area contributed by atoms with Crippen LogP contribution in [-0.2, 0) is 0 Å². The molecule has 0 radical (unpaired) electrons. The van der Waals surface area contributed by atoms with Gasteiger partial charge in [0.25, 0.3) is 0 Å². The predicted molar refractivity (Wildman–Crippen MR) is 67.4 cm³/mol. The molecule has 1 aromatic rings. The fourth-order valence-electron chi connectivity index (χ4n) is 0.953. The molecule has 0 aliphatic rings. The second-order valence-electron chi connectivity index (χ2n) is 2.46. The number of anilines is 1. The molecule has 2 N–H and O–H groups in total. The topological polar surface area (TPSA) is 35.9 Å². The van der Waals surface area contributed by atoms with Gasteiger partial charge >= 0.3 is 97.1 Å². The van der Waals surface area contributed by atoms with E-state index in [9.17, 15) is 0 Å². The third-order valence-corrected chi connectivity index (χ3v) is 3.24. The van der Waals surface area contributed by atoms with Crippen molar-refractivity contribution in [2.24, 2.45) is 0 Å². The molecule has 74 valence electrons. The van der Waals surface area contributed by atoms with Crippen LogP contribution < -0.4 is 3.13 Å². The van der Waals surface area contributed by atoms with Gasteiger partial charge in [0.2, 0.25) is 0 Å². The number of hydrogen-bond donors (Lipinski definition) is 2. The van der Waals surface area contributed by atoms with Crippen LogP contribution in [0, 0.1) is 5.41 Å². The maximum atomic E-state index is 7.53. The molecule has 0 saturated heterocycles. The molecule has 0 saturated carbocycles. The van der Waals surface area contributed by atoms with Gasteiger partial charge in [-0.1, -0.05) is 13.8 Å². The van der Waals surface area contributed by atoms with E-state index in [0.717, 1.165) is 15.7 Å². The molecule has 0 unspecified atom stereocenters. The Balaban J connectivity index is 0.000000791. The van der Waals surface area contributed by atoms with E-state index < -0.39 is 0 Å². The van der Waals surface area contributed by atoms with Crippen LogP contribution in [-0.4, -0.2) is 31.8 Å². The van der Waals surface area contributed by atoms with Gasteiger partial charge in [0, 0.05) is 0 Å². The van der Waals surface area contributed by atoms with E-state index in [4.69, 9.17) is 5.41 Å². The molecule has 0 aliphatic carbocycles. The van der Waals surface area contributed by atoms with Crippen molar-refractivity contribution in [2.45, 2.75) is 20.8 Å². The zero-order chi connectivity index (χ0) is 11.1. The first-order valence-electron chi connectivity index (χ1n) is 4.47. The van der Waals surface area contributed by atoms with E-state index in [-0.39, 0.29) is 0 Å². The minimum absolute atomic E-state index is 0.597. The molecule has 4 heteroatoms. The predicted octanol–water partition coefficient (Wildman–Crippen LogP) is 3.36. The van der Waals surface area contributed by atoms with Gasteiger partial charge in [0.1, 0.15) is 0 Å². The van der Waals surface area contributed by atoms with Crippen molar-refractivity contribution >= 4 is 53.4 Å². The van der Waals surface area contributed by atoms with E-state index >= 15 is 0 Å². The Bertz CT molecular complexity index is 313. The van der Waals surface area contributed by atoms with Gasteiger partial charge in [-0.15, -0.1) is 0 Å². The van der Waals surface area contributed by atoms with Gasteiger partial charge in [-0.2, -0.15) is 0 Å². The fourth-order valence-corrected chi connectivity index (χ4v) is 2.29. The second-order valence-corrected chi connectivity index (χ2v) is 4.50. The molecular weight excluding hydrogens is 432 g/mol. The molecule has 0 bridgehead atoms. The summed E-state index contributed by atoms with van der Waals surface area (Å²) >= 11 is 4.10. The van der Waals surface area contributed by atoms with Gasteiger partial charge in [0.15, 0.2) is 0 Å². The van der Waals surface area contributed by atoms with Crippen molar-refractivity contribution in [1.29, 1.82) is 5.41 Å². The summed E-state index contributed by atoms with van der Waals surface area (Å²) in [4.78, 5) is 0. The molecule has 1 rings (SSSR count). The fraction of sp³-hybridized carbons (Fsp3) is 0.300. The summed E-state index contributed by atoms with van der Waals surface area (Å²) in [6.45, 7) is 5.80. The molecule has 2 nitrogen and oxygen atoms in total. The van der Waals surface area contributed by atoms with E-state index in [0.29, 0.717) is 31.8 Å². The van der Waals surface area contributed by atoms with Crippen LogP contribution in [0.25, 0.3) is 0 Å². The first-order valence-corrected chi connectivity index (χ1v) is 7.50. The van der Waals surface area contributed by atoms with E-state index in [1.54, 1.807) is 6.92 Å². The average Bonchev–Trinajstić information content (AvgIpc) is 2.20. The molecule has 0 aromatic heterocycles. The normalized spacial score (nSPS) is 8.50. The molecule has 0 heterocycles. The van der Waals surface area contributed by atoms with Gasteiger partial charge in [-0.25, -0.2) is 0 Å². The molecule has 0 atom stereocenters. The minimum atomic E-state index is 0.597. The molecule has 1 aromatic carbocycles. The first kappa shape index (κ1) is 14.1. The van der Waals surface area contributed by atoms with Crippen LogP contribution in [0.3, 0.4) is 0 Å². The van der Waals surface area contributed by atoms with Crippen LogP contribution in [0.4, 0.5) is 5.69 Å². The van der Waals surface area contributed by atoms with Crippen LogP contribution in [0.1, 0.15) is 26.3 Å². The van der Waals surface area contributed by atoms with Crippen molar-refractivity contribution in [3.05, 3.63) is 28.2 Å². The Kier molecular flexibility index (Phi) is 7.44. The van der Waals surface area contributed by atoms with E-state index in [1.807, 2.05) is 32.0 Å². The zero-order valence-electron chi connectivity index (χ0n) is 8.69. The summed E-state index contributed by atoms with van der Waals surface area (Å²) in [6.07, 6.45) is 0.